The molecule has 1 aromatic carbocycles. The number of carbonyl (C=O) groups is 1. The first kappa shape index (κ1) is 15.8. The van der Waals surface area contributed by atoms with Crippen LogP contribution in [0, 0.1) is 5.41 Å². The van der Waals surface area contributed by atoms with Gasteiger partial charge in [-0.1, -0.05) is 6.92 Å². The summed E-state index contributed by atoms with van der Waals surface area (Å²) in [7, 11) is -2.42. The molecule has 1 aromatic rings. The van der Waals surface area contributed by atoms with Gasteiger partial charge in [-0.05, 0) is 42.9 Å². The van der Waals surface area contributed by atoms with E-state index in [9.17, 15) is 13.2 Å². The SMILES string of the molecule is CCC1(CNS(=O)(=O)c2ccc(C(=O)OC)cc2N)CC1. The zero-order chi connectivity index (χ0) is 15.7. The predicted octanol–water partition coefficient (Wildman–Crippen LogP) is 1.52. The first-order valence-electron chi connectivity index (χ1n) is 6.81. The molecular formula is C14H20N2O4S. The molecule has 1 saturated carbocycles. The fraction of sp³-hybridized carbons (Fsp3) is 0.500. The Labute approximate surface area is 124 Å². The first-order chi connectivity index (χ1) is 9.83. The highest BCUT2D eigenvalue weighted by atomic mass is 32.2. The van der Waals surface area contributed by atoms with Gasteiger partial charge < -0.3 is 10.5 Å². The van der Waals surface area contributed by atoms with Crippen molar-refractivity contribution in [1.82, 2.24) is 4.72 Å². The number of hydrogen-bond donors (Lipinski definition) is 2. The van der Waals surface area contributed by atoms with Gasteiger partial charge in [0.2, 0.25) is 10.0 Å². The molecule has 0 spiro atoms. The van der Waals surface area contributed by atoms with Crippen LogP contribution in [0.15, 0.2) is 23.1 Å². The van der Waals surface area contributed by atoms with Crippen molar-refractivity contribution in [3.05, 3.63) is 23.8 Å². The number of esters is 1. The highest BCUT2D eigenvalue weighted by Gasteiger charge is 2.41. The van der Waals surface area contributed by atoms with Gasteiger partial charge in [0, 0.05) is 6.54 Å². The normalized spacial score (nSPS) is 16.5. The lowest BCUT2D eigenvalue weighted by Gasteiger charge is -2.15. The van der Waals surface area contributed by atoms with Crippen LogP contribution in [0.4, 0.5) is 5.69 Å². The highest BCUT2D eigenvalue weighted by molar-refractivity contribution is 7.89. The maximum absolute atomic E-state index is 12.3. The third-order valence-corrected chi connectivity index (χ3v) is 5.54. The summed E-state index contributed by atoms with van der Waals surface area (Å²) in [5.74, 6) is -0.554. The number of hydrogen-bond acceptors (Lipinski definition) is 5. The van der Waals surface area contributed by atoms with Gasteiger partial charge in [0.15, 0.2) is 0 Å². The number of ether oxygens (including phenoxy) is 1. The zero-order valence-corrected chi connectivity index (χ0v) is 13.0. The molecule has 0 amide bonds. The molecule has 0 radical (unpaired) electrons. The van der Waals surface area contributed by atoms with Crippen LogP contribution in [-0.2, 0) is 14.8 Å². The first-order valence-corrected chi connectivity index (χ1v) is 8.29. The second-order valence-corrected chi connectivity index (χ2v) is 7.16. The molecule has 0 saturated heterocycles. The molecule has 0 heterocycles. The van der Waals surface area contributed by atoms with Crippen molar-refractivity contribution in [2.24, 2.45) is 5.41 Å². The minimum Gasteiger partial charge on any atom is -0.465 e. The van der Waals surface area contributed by atoms with E-state index >= 15 is 0 Å². The van der Waals surface area contributed by atoms with Crippen LogP contribution >= 0.6 is 0 Å². The lowest BCUT2D eigenvalue weighted by Crippen LogP contribution is -2.30. The second-order valence-electron chi connectivity index (χ2n) is 5.42. The minimum atomic E-state index is -3.67. The molecule has 0 aliphatic heterocycles. The van der Waals surface area contributed by atoms with E-state index in [4.69, 9.17) is 5.73 Å². The van der Waals surface area contributed by atoms with E-state index in [0.29, 0.717) is 6.54 Å². The maximum Gasteiger partial charge on any atom is 0.337 e. The monoisotopic (exact) mass is 312 g/mol. The number of nitrogen functional groups attached to an aromatic ring is 1. The van der Waals surface area contributed by atoms with E-state index in [2.05, 4.69) is 16.4 Å². The standard InChI is InChI=1S/C14H20N2O4S/c1-3-14(6-7-14)9-16-21(18,19)12-5-4-10(8-11(12)15)13(17)20-2/h4-5,8,16H,3,6-7,9,15H2,1-2H3. The van der Waals surface area contributed by atoms with Gasteiger partial charge in [-0.25, -0.2) is 17.9 Å². The van der Waals surface area contributed by atoms with Crippen molar-refractivity contribution in [3.8, 4) is 0 Å². The fourth-order valence-electron chi connectivity index (χ4n) is 2.20. The second kappa shape index (κ2) is 5.65. The molecule has 0 unspecified atom stereocenters. The van der Waals surface area contributed by atoms with Crippen LogP contribution in [0.2, 0.25) is 0 Å². The Hall–Kier alpha value is -1.60. The van der Waals surface area contributed by atoms with E-state index < -0.39 is 16.0 Å². The summed E-state index contributed by atoms with van der Waals surface area (Å²) in [6, 6.07) is 4.03. The van der Waals surface area contributed by atoms with Crippen LogP contribution in [0.3, 0.4) is 0 Å². The van der Waals surface area contributed by atoms with E-state index in [1.54, 1.807) is 0 Å². The molecule has 0 bridgehead atoms. The van der Waals surface area contributed by atoms with Crippen LogP contribution in [0.1, 0.15) is 36.5 Å². The van der Waals surface area contributed by atoms with E-state index in [1.807, 2.05) is 0 Å². The molecule has 0 atom stereocenters. The van der Waals surface area contributed by atoms with Crippen LogP contribution in [0.5, 0.6) is 0 Å². The van der Waals surface area contributed by atoms with Crippen molar-refractivity contribution in [3.63, 3.8) is 0 Å². The molecule has 6 nitrogen and oxygen atoms in total. The van der Waals surface area contributed by atoms with Crippen molar-refractivity contribution in [2.75, 3.05) is 19.4 Å². The minimum absolute atomic E-state index is 0.0120. The molecule has 0 aromatic heterocycles. The highest BCUT2D eigenvalue weighted by Crippen LogP contribution is 2.48. The summed E-state index contributed by atoms with van der Waals surface area (Å²) in [4.78, 5) is 11.4. The molecular weight excluding hydrogens is 292 g/mol. The number of methoxy groups -OCH3 is 1. The van der Waals surface area contributed by atoms with Crippen LogP contribution in [0.25, 0.3) is 0 Å². The summed E-state index contributed by atoms with van der Waals surface area (Å²) < 4.78 is 31.8. The largest absolute Gasteiger partial charge is 0.465 e. The van der Waals surface area contributed by atoms with E-state index in [0.717, 1.165) is 19.3 Å². The molecule has 21 heavy (non-hydrogen) atoms. The Bertz CT molecular complexity index is 651. The van der Waals surface area contributed by atoms with Crippen molar-refractivity contribution in [1.29, 1.82) is 0 Å². The average Bonchev–Trinajstić information content (AvgIpc) is 3.24. The maximum atomic E-state index is 12.3. The number of rotatable bonds is 6. The molecule has 116 valence electrons. The average molecular weight is 312 g/mol. The summed E-state index contributed by atoms with van der Waals surface area (Å²) in [6.45, 7) is 2.48. The molecule has 3 N–H and O–H groups in total. The Morgan fingerprint density at radius 3 is 2.57 bits per heavy atom. The Morgan fingerprint density at radius 2 is 2.10 bits per heavy atom. The Morgan fingerprint density at radius 1 is 1.43 bits per heavy atom. The van der Waals surface area contributed by atoms with Gasteiger partial charge in [-0.15, -0.1) is 0 Å². The number of sulfonamides is 1. The van der Waals surface area contributed by atoms with Crippen molar-refractivity contribution in [2.45, 2.75) is 31.1 Å². The molecule has 7 heteroatoms. The predicted molar refractivity (Wildman–Crippen MR) is 79.3 cm³/mol. The molecule has 2 rings (SSSR count). The summed E-state index contributed by atoms with van der Waals surface area (Å²) in [5, 5.41) is 0. The smallest absolute Gasteiger partial charge is 0.337 e. The van der Waals surface area contributed by atoms with Gasteiger partial charge in [0.05, 0.1) is 18.4 Å². The number of carbonyl (C=O) groups excluding carboxylic acids is 1. The number of benzene rings is 1. The Kier molecular flexibility index (Phi) is 4.25. The van der Waals surface area contributed by atoms with E-state index in [1.165, 1.54) is 25.3 Å². The van der Waals surface area contributed by atoms with Crippen molar-refractivity contribution >= 4 is 21.7 Å². The van der Waals surface area contributed by atoms with Gasteiger partial charge in [0.1, 0.15) is 4.90 Å². The molecule has 1 aliphatic carbocycles. The topological polar surface area (TPSA) is 98.5 Å². The summed E-state index contributed by atoms with van der Waals surface area (Å²) >= 11 is 0. The third kappa shape index (κ3) is 3.36. The number of anilines is 1. The zero-order valence-electron chi connectivity index (χ0n) is 12.2. The van der Waals surface area contributed by atoms with Crippen molar-refractivity contribution < 1.29 is 17.9 Å². The van der Waals surface area contributed by atoms with Gasteiger partial charge in [-0.3, -0.25) is 0 Å². The lowest BCUT2D eigenvalue weighted by atomic mass is 10.1. The van der Waals surface area contributed by atoms with Gasteiger partial charge >= 0.3 is 5.97 Å². The number of nitrogens with one attached hydrogen (secondary N) is 1. The summed E-state index contributed by atoms with van der Waals surface area (Å²) in [6.07, 6.45) is 3.04. The van der Waals surface area contributed by atoms with E-state index in [-0.39, 0.29) is 21.6 Å². The Balaban J connectivity index is 2.18. The summed E-state index contributed by atoms with van der Waals surface area (Å²) in [5.41, 5.74) is 6.12. The fourth-order valence-corrected chi connectivity index (χ4v) is 3.46. The van der Waals surface area contributed by atoms with Crippen LogP contribution < -0.4 is 10.5 Å². The van der Waals surface area contributed by atoms with Gasteiger partial charge in [-0.2, -0.15) is 0 Å². The molecule has 1 aliphatic rings. The lowest BCUT2D eigenvalue weighted by molar-refractivity contribution is 0.0600. The van der Waals surface area contributed by atoms with Crippen LogP contribution in [-0.4, -0.2) is 28.0 Å². The van der Waals surface area contributed by atoms with Gasteiger partial charge in [0.25, 0.3) is 0 Å². The molecule has 1 fully saturated rings. The third-order valence-electron chi connectivity index (χ3n) is 4.06. The quantitative estimate of drug-likeness (QED) is 0.613. The number of nitrogens with two attached hydrogens (primary N) is 1.